The molecule has 3 heteroatoms. The second-order valence-corrected chi connectivity index (χ2v) is 18.0. The third-order valence-electron chi connectivity index (χ3n) is 11.2. The number of fused-ring (bicyclic) bond motifs is 6. The molecular weight excluding hydrogens is 645 g/mol. The van der Waals surface area contributed by atoms with Gasteiger partial charge >= 0.3 is 0 Å². The minimum Gasteiger partial charge on any atom is -0.310 e. The van der Waals surface area contributed by atoms with Crippen LogP contribution < -0.4 is 20.7 Å². The van der Waals surface area contributed by atoms with Gasteiger partial charge in [-0.3, -0.25) is 0 Å². The maximum atomic E-state index is 2.54. The molecule has 248 valence electrons. The molecule has 9 aromatic rings. The minimum absolute atomic E-state index is 0.501. The molecule has 0 N–H and O–H groups in total. The molecule has 7 aromatic carbocycles. The Kier molecular flexibility index (Phi) is 7.22. The number of aromatic nitrogens is 2. The maximum absolute atomic E-state index is 2.88. The lowest BCUT2D eigenvalue weighted by Crippen LogP contribution is -2.74. The molecular formula is C49H38N2Si. The molecule has 1 atom stereocenters. The smallest absolute Gasteiger partial charge is 0.179 e. The molecule has 0 aliphatic heterocycles. The average molecular weight is 683 g/mol. The monoisotopic (exact) mass is 682 g/mol. The van der Waals surface area contributed by atoms with Gasteiger partial charge in [0.2, 0.25) is 0 Å². The van der Waals surface area contributed by atoms with Crippen LogP contribution in [0.4, 0.5) is 0 Å². The molecule has 1 aliphatic rings. The van der Waals surface area contributed by atoms with Gasteiger partial charge in [-0.25, -0.2) is 0 Å². The SMILES string of the molecule is CC1C=Cc2c(c3ccccc3n2-c2cc(-n3c4ccccc4c4ccccc43)cc([Si](c3ccccc3)(c3ccccc3)c3ccccc3)c2)C1. The topological polar surface area (TPSA) is 9.86 Å². The van der Waals surface area contributed by atoms with E-state index in [2.05, 4.69) is 210 Å². The number of allylic oxidation sites excluding steroid dienone is 1. The van der Waals surface area contributed by atoms with Crippen molar-refractivity contribution in [3.8, 4) is 11.4 Å². The van der Waals surface area contributed by atoms with Gasteiger partial charge in [0.05, 0.1) is 16.6 Å². The van der Waals surface area contributed by atoms with E-state index in [4.69, 9.17) is 0 Å². The van der Waals surface area contributed by atoms with Crippen molar-refractivity contribution in [2.24, 2.45) is 5.92 Å². The zero-order valence-electron chi connectivity index (χ0n) is 29.2. The third-order valence-corrected chi connectivity index (χ3v) is 15.9. The largest absolute Gasteiger partial charge is 0.310 e. The maximum Gasteiger partial charge on any atom is 0.179 e. The van der Waals surface area contributed by atoms with E-state index in [9.17, 15) is 0 Å². The second kappa shape index (κ2) is 12.3. The highest BCUT2D eigenvalue weighted by atomic mass is 28.3. The second-order valence-electron chi connectivity index (χ2n) is 14.2. The van der Waals surface area contributed by atoms with E-state index in [0.717, 1.165) is 6.42 Å². The summed E-state index contributed by atoms with van der Waals surface area (Å²) in [5.41, 5.74) is 8.76. The zero-order valence-corrected chi connectivity index (χ0v) is 30.2. The number of nitrogens with zero attached hydrogens (tertiary/aromatic N) is 2. The van der Waals surface area contributed by atoms with Crippen molar-refractivity contribution in [2.75, 3.05) is 0 Å². The van der Waals surface area contributed by atoms with Crippen LogP contribution in [0.1, 0.15) is 18.2 Å². The summed E-state index contributed by atoms with van der Waals surface area (Å²) < 4.78 is 5.03. The van der Waals surface area contributed by atoms with Crippen LogP contribution in [-0.2, 0) is 6.42 Å². The van der Waals surface area contributed by atoms with Crippen LogP contribution in [-0.4, -0.2) is 17.2 Å². The normalized spacial score (nSPS) is 14.3. The van der Waals surface area contributed by atoms with Gasteiger partial charge in [0.1, 0.15) is 0 Å². The number of rotatable bonds is 6. The zero-order chi connectivity index (χ0) is 34.6. The van der Waals surface area contributed by atoms with E-state index in [1.807, 2.05) is 0 Å². The number of para-hydroxylation sites is 3. The summed E-state index contributed by atoms with van der Waals surface area (Å²) in [6, 6.07) is 68.0. The van der Waals surface area contributed by atoms with Crippen LogP contribution in [0.2, 0.25) is 0 Å². The van der Waals surface area contributed by atoms with E-state index >= 15 is 0 Å². The molecule has 1 unspecified atom stereocenters. The first kappa shape index (κ1) is 30.6. The first-order valence-electron chi connectivity index (χ1n) is 18.3. The van der Waals surface area contributed by atoms with E-state index in [1.165, 1.54) is 76.1 Å². The van der Waals surface area contributed by atoms with Crippen LogP contribution in [0.25, 0.3) is 50.2 Å². The molecule has 10 rings (SSSR count). The molecule has 0 amide bonds. The van der Waals surface area contributed by atoms with Crippen molar-refractivity contribution in [3.05, 3.63) is 199 Å². The molecule has 0 saturated carbocycles. The first-order valence-corrected chi connectivity index (χ1v) is 20.3. The number of hydrogen-bond acceptors (Lipinski definition) is 0. The minimum atomic E-state index is -2.88. The van der Waals surface area contributed by atoms with Crippen molar-refractivity contribution in [1.82, 2.24) is 9.13 Å². The van der Waals surface area contributed by atoms with E-state index in [-0.39, 0.29) is 0 Å². The molecule has 0 saturated heterocycles. The van der Waals surface area contributed by atoms with Crippen molar-refractivity contribution >= 4 is 67.6 Å². The fraction of sp³-hybridized carbons (Fsp3) is 0.0612. The van der Waals surface area contributed by atoms with Gasteiger partial charge in [-0.05, 0) is 81.1 Å². The van der Waals surface area contributed by atoms with Gasteiger partial charge in [-0.15, -0.1) is 0 Å². The molecule has 0 radical (unpaired) electrons. The van der Waals surface area contributed by atoms with Crippen LogP contribution in [0.3, 0.4) is 0 Å². The van der Waals surface area contributed by atoms with Gasteiger partial charge in [0.15, 0.2) is 8.07 Å². The highest BCUT2D eigenvalue weighted by Gasteiger charge is 2.42. The van der Waals surface area contributed by atoms with Crippen LogP contribution in [0.5, 0.6) is 0 Å². The lowest BCUT2D eigenvalue weighted by molar-refractivity contribution is 0.718. The third kappa shape index (κ3) is 4.63. The molecule has 2 nitrogen and oxygen atoms in total. The number of hydrogen-bond donors (Lipinski definition) is 0. The van der Waals surface area contributed by atoms with E-state index in [0.29, 0.717) is 5.92 Å². The molecule has 0 spiro atoms. The van der Waals surface area contributed by atoms with Crippen LogP contribution >= 0.6 is 0 Å². The Labute approximate surface area is 305 Å². The average Bonchev–Trinajstić information content (AvgIpc) is 3.72. The highest BCUT2D eigenvalue weighted by Crippen LogP contribution is 2.37. The Morgan fingerprint density at radius 3 is 1.38 bits per heavy atom. The van der Waals surface area contributed by atoms with Crippen molar-refractivity contribution in [3.63, 3.8) is 0 Å². The summed E-state index contributed by atoms with van der Waals surface area (Å²) in [7, 11) is -2.88. The lowest BCUT2D eigenvalue weighted by Gasteiger charge is -2.35. The number of benzene rings is 7. The van der Waals surface area contributed by atoms with Gasteiger partial charge in [0, 0.05) is 33.2 Å². The summed E-state index contributed by atoms with van der Waals surface area (Å²) in [6.45, 7) is 2.33. The standard InChI is InChI=1S/C49H38N2Si/c1-35-29-30-49-45(31-35)44-25-13-16-28-48(44)51(49)37-32-36(50-46-26-14-11-23-42(46)43-24-12-15-27-47(43)50)33-41(34-37)52(38-17-5-2-6-18-38,39-19-7-3-8-20-39)40-21-9-4-10-22-40/h2-30,32-35H,31H2,1H3. The summed E-state index contributed by atoms with van der Waals surface area (Å²) in [4.78, 5) is 0. The fourth-order valence-electron chi connectivity index (χ4n) is 8.97. The molecule has 2 heterocycles. The van der Waals surface area contributed by atoms with Crippen LogP contribution in [0, 0.1) is 5.92 Å². The quantitative estimate of drug-likeness (QED) is 0.122. The van der Waals surface area contributed by atoms with Gasteiger partial charge in [-0.2, -0.15) is 0 Å². The van der Waals surface area contributed by atoms with Crippen molar-refractivity contribution in [2.45, 2.75) is 13.3 Å². The van der Waals surface area contributed by atoms with E-state index in [1.54, 1.807) is 0 Å². The lowest BCUT2D eigenvalue weighted by atomic mass is 9.93. The molecule has 0 fully saturated rings. The Morgan fingerprint density at radius 2 is 0.865 bits per heavy atom. The predicted octanol–water partition coefficient (Wildman–Crippen LogP) is 9.31. The summed E-state index contributed by atoms with van der Waals surface area (Å²) in [5.74, 6) is 0.501. The summed E-state index contributed by atoms with van der Waals surface area (Å²) in [6.07, 6.45) is 5.79. The predicted molar refractivity (Wildman–Crippen MR) is 223 cm³/mol. The van der Waals surface area contributed by atoms with Gasteiger partial charge < -0.3 is 9.13 Å². The Hall–Kier alpha value is -6.16. The van der Waals surface area contributed by atoms with Crippen molar-refractivity contribution in [1.29, 1.82) is 0 Å². The molecule has 52 heavy (non-hydrogen) atoms. The molecule has 0 bridgehead atoms. The summed E-state index contributed by atoms with van der Waals surface area (Å²) >= 11 is 0. The Balaban J connectivity index is 1.39. The molecule has 2 aromatic heterocycles. The summed E-state index contributed by atoms with van der Waals surface area (Å²) in [5, 5.41) is 9.33. The highest BCUT2D eigenvalue weighted by molar-refractivity contribution is 7.20. The van der Waals surface area contributed by atoms with Gasteiger partial charge in [-0.1, -0.05) is 159 Å². The van der Waals surface area contributed by atoms with Crippen LogP contribution in [0.15, 0.2) is 188 Å². The van der Waals surface area contributed by atoms with Crippen molar-refractivity contribution < 1.29 is 0 Å². The van der Waals surface area contributed by atoms with Gasteiger partial charge in [0.25, 0.3) is 0 Å². The Bertz CT molecular complexity index is 2620. The van der Waals surface area contributed by atoms with E-state index < -0.39 is 8.07 Å². The Morgan fingerprint density at radius 1 is 0.442 bits per heavy atom. The fourth-order valence-corrected chi connectivity index (χ4v) is 13.8. The molecule has 1 aliphatic carbocycles. The first-order chi connectivity index (χ1) is 25.7.